The number of hydrogen-bond acceptors (Lipinski definition) is 1. The van der Waals surface area contributed by atoms with Crippen LogP contribution in [0, 0.1) is 0 Å². The Morgan fingerprint density at radius 3 is 2.67 bits per heavy atom. The summed E-state index contributed by atoms with van der Waals surface area (Å²) in [4.78, 5) is 10.9. The number of rotatable bonds is 2. The van der Waals surface area contributed by atoms with E-state index >= 15 is 0 Å². The summed E-state index contributed by atoms with van der Waals surface area (Å²) in [6.07, 6.45) is 0. The molecule has 0 aliphatic heterocycles. The van der Waals surface area contributed by atoms with Crippen molar-refractivity contribution in [2.45, 2.75) is 12.3 Å². The average Bonchev–Trinajstić information content (AvgIpc) is 2.03. The van der Waals surface area contributed by atoms with E-state index in [2.05, 4.69) is 0 Å². The van der Waals surface area contributed by atoms with Crippen molar-refractivity contribution in [2.75, 3.05) is 0 Å². The number of alkyl halides is 1. The summed E-state index contributed by atoms with van der Waals surface area (Å²) < 4.78 is 0. The SMILES string of the molecule is CC(=O)C(Cl)c1cccc(Cl)c1. The third-order valence-corrected chi connectivity index (χ3v) is 2.29. The van der Waals surface area contributed by atoms with E-state index in [0.717, 1.165) is 5.56 Å². The van der Waals surface area contributed by atoms with Crippen LogP contribution >= 0.6 is 23.2 Å². The van der Waals surface area contributed by atoms with Crippen LogP contribution in [-0.2, 0) is 4.79 Å². The van der Waals surface area contributed by atoms with Crippen LogP contribution in [0.2, 0.25) is 5.02 Å². The highest BCUT2D eigenvalue weighted by Gasteiger charge is 2.12. The molecule has 0 heterocycles. The molecular formula is C9H8Cl2O. The number of carbonyl (C=O) groups is 1. The first kappa shape index (κ1) is 9.56. The van der Waals surface area contributed by atoms with E-state index in [1.165, 1.54) is 6.92 Å². The van der Waals surface area contributed by atoms with Gasteiger partial charge in [-0.3, -0.25) is 4.79 Å². The van der Waals surface area contributed by atoms with Gasteiger partial charge >= 0.3 is 0 Å². The van der Waals surface area contributed by atoms with Gasteiger partial charge < -0.3 is 0 Å². The zero-order chi connectivity index (χ0) is 9.14. The van der Waals surface area contributed by atoms with Gasteiger partial charge in [0.1, 0.15) is 5.38 Å². The van der Waals surface area contributed by atoms with E-state index < -0.39 is 5.38 Å². The summed E-state index contributed by atoms with van der Waals surface area (Å²) in [7, 11) is 0. The molecule has 1 aromatic rings. The summed E-state index contributed by atoms with van der Waals surface area (Å²) in [5.41, 5.74) is 0.747. The number of carbonyl (C=O) groups excluding carboxylic acids is 1. The van der Waals surface area contributed by atoms with Crippen molar-refractivity contribution in [1.82, 2.24) is 0 Å². The highest BCUT2D eigenvalue weighted by Crippen LogP contribution is 2.23. The Morgan fingerprint density at radius 1 is 1.50 bits per heavy atom. The van der Waals surface area contributed by atoms with Gasteiger partial charge in [0, 0.05) is 5.02 Å². The average molecular weight is 203 g/mol. The van der Waals surface area contributed by atoms with Gasteiger partial charge in [0.05, 0.1) is 0 Å². The van der Waals surface area contributed by atoms with Gasteiger partial charge in [-0.05, 0) is 24.6 Å². The van der Waals surface area contributed by atoms with Crippen molar-refractivity contribution in [3.63, 3.8) is 0 Å². The Bertz CT molecular complexity index is 296. The van der Waals surface area contributed by atoms with Crippen molar-refractivity contribution in [2.24, 2.45) is 0 Å². The first-order chi connectivity index (χ1) is 5.61. The van der Waals surface area contributed by atoms with Gasteiger partial charge in [-0.15, -0.1) is 11.6 Å². The molecule has 1 nitrogen and oxygen atoms in total. The Hall–Kier alpha value is -0.530. The third-order valence-electron chi connectivity index (χ3n) is 1.50. The molecule has 1 atom stereocenters. The first-order valence-corrected chi connectivity index (χ1v) is 4.32. The molecule has 0 aliphatic rings. The maximum absolute atomic E-state index is 10.9. The standard InChI is InChI=1S/C9H8Cl2O/c1-6(12)9(11)7-3-2-4-8(10)5-7/h2-5,9H,1H3. The van der Waals surface area contributed by atoms with Gasteiger partial charge in [-0.2, -0.15) is 0 Å². The molecule has 0 spiro atoms. The van der Waals surface area contributed by atoms with Crippen molar-refractivity contribution < 1.29 is 4.79 Å². The van der Waals surface area contributed by atoms with Crippen LogP contribution in [0.3, 0.4) is 0 Å². The summed E-state index contributed by atoms with van der Waals surface area (Å²) in [5, 5.41) is 0.0168. The molecular weight excluding hydrogens is 195 g/mol. The lowest BCUT2D eigenvalue weighted by molar-refractivity contribution is -0.116. The zero-order valence-electron chi connectivity index (χ0n) is 6.55. The summed E-state index contributed by atoms with van der Waals surface area (Å²) in [6.45, 7) is 1.46. The molecule has 1 aromatic carbocycles. The molecule has 64 valence electrons. The Labute approximate surface area is 81.3 Å². The maximum Gasteiger partial charge on any atom is 0.152 e. The smallest absolute Gasteiger partial charge is 0.152 e. The summed E-state index contributed by atoms with van der Waals surface area (Å²) >= 11 is 11.5. The topological polar surface area (TPSA) is 17.1 Å². The van der Waals surface area contributed by atoms with Crippen molar-refractivity contribution in [3.8, 4) is 0 Å². The number of ketones is 1. The highest BCUT2D eigenvalue weighted by atomic mass is 35.5. The van der Waals surface area contributed by atoms with Crippen LogP contribution < -0.4 is 0 Å². The highest BCUT2D eigenvalue weighted by molar-refractivity contribution is 6.32. The molecule has 0 saturated carbocycles. The van der Waals surface area contributed by atoms with E-state index in [4.69, 9.17) is 23.2 Å². The van der Waals surface area contributed by atoms with E-state index in [-0.39, 0.29) is 5.78 Å². The normalized spacial score (nSPS) is 12.6. The summed E-state index contributed by atoms with van der Waals surface area (Å²) in [5.74, 6) is -0.0704. The number of hydrogen-bond donors (Lipinski definition) is 0. The predicted octanol–water partition coefficient (Wildman–Crippen LogP) is 3.21. The molecule has 12 heavy (non-hydrogen) atoms. The van der Waals surface area contributed by atoms with Gasteiger partial charge in [0.25, 0.3) is 0 Å². The second kappa shape index (κ2) is 3.92. The molecule has 0 aromatic heterocycles. The number of halogens is 2. The molecule has 1 rings (SSSR count). The lowest BCUT2D eigenvalue weighted by Crippen LogP contribution is -2.00. The second-order valence-corrected chi connectivity index (χ2v) is 3.40. The van der Waals surface area contributed by atoms with Gasteiger partial charge in [-0.25, -0.2) is 0 Å². The fraction of sp³-hybridized carbons (Fsp3) is 0.222. The molecule has 0 fully saturated rings. The van der Waals surface area contributed by atoms with Crippen LogP contribution in [0.5, 0.6) is 0 Å². The van der Waals surface area contributed by atoms with E-state index in [1.807, 2.05) is 0 Å². The predicted molar refractivity (Wildman–Crippen MR) is 50.7 cm³/mol. The van der Waals surface area contributed by atoms with Crippen molar-refractivity contribution in [3.05, 3.63) is 34.9 Å². The van der Waals surface area contributed by atoms with Crippen molar-refractivity contribution in [1.29, 1.82) is 0 Å². The molecule has 1 unspecified atom stereocenters. The molecule has 0 N–H and O–H groups in total. The minimum atomic E-state index is -0.580. The van der Waals surface area contributed by atoms with Crippen LogP contribution in [0.25, 0.3) is 0 Å². The van der Waals surface area contributed by atoms with Gasteiger partial charge in [0.2, 0.25) is 0 Å². The third kappa shape index (κ3) is 2.23. The fourth-order valence-corrected chi connectivity index (χ4v) is 1.23. The monoisotopic (exact) mass is 202 g/mol. The van der Waals surface area contributed by atoms with E-state index in [1.54, 1.807) is 24.3 Å². The van der Waals surface area contributed by atoms with Gasteiger partial charge in [0.15, 0.2) is 5.78 Å². The van der Waals surface area contributed by atoms with Crippen LogP contribution in [0.4, 0.5) is 0 Å². The second-order valence-electron chi connectivity index (χ2n) is 2.53. The minimum Gasteiger partial charge on any atom is -0.298 e. The Kier molecular flexibility index (Phi) is 3.12. The Morgan fingerprint density at radius 2 is 2.17 bits per heavy atom. The quantitative estimate of drug-likeness (QED) is 0.674. The van der Waals surface area contributed by atoms with Crippen LogP contribution in [0.1, 0.15) is 17.9 Å². The first-order valence-electron chi connectivity index (χ1n) is 3.51. The lowest BCUT2D eigenvalue weighted by Gasteiger charge is -2.04. The van der Waals surface area contributed by atoms with Crippen LogP contribution in [0.15, 0.2) is 24.3 Å². The molecule has 3 heteroatoms. The molecule has 0 radical (unpaired) electrons. The van der Waals surface area contributed by atoms with Crippen LogP contribution in [-0.4, -0.2) is 5.78 Å². The van der Waals surface area contributed by atoms with Gasteiger partial charge in [-0.1, -0.05) is 23.7 Å². The lowest BCUT2D eigenvalue weighted by atomic mass is 10.1. The molecule has 0 saturated heterocycles. The summed E-state index contributed by atoms with van der Waals surface area (Å²) in [6, 6.07) is 7.00. The number of Topliss-reactive ketones (excluding diaryl/α,β-unsaturated/α-hetero) is 1. The molecule has 0 bridgehead atoms. The van der Waals surface area contributed by atoms with E-state index in [0.29, 0.717) is 5.02 Å². The van der Waals surface area contributed by atoms with Crippen molar-refractivity contribution >= 4 is 29.0 Å². The maximum atomic E-state index is 10.9. The number of benzene rings is 1. The Balaban J connectivity index is 2.95. The molecule has 0 aliphatic carbocycles. The largest absolute Gasteiger partial charge is 0.298 e. The zero-order valence-corrected chi connectivity index (χ0v) is 8.06. The minimum absolute atomic E-state index is 0.0704. The van der Waals surface area contributed by atoms with E-state index in [9.17, 15) is 4.79 Å². The fourth-order valence-electron chi connectivity index (χ4n) is 0.899. The molecule has 0 amide bonds.